The highest BCUT2D eigenvalue weighted by Crippen LogP contribution is 2.33. The smallest absolute Gasteiger partial charge is 0.343 e. The Bertz CT molecular complexity index is 672. The van der Waals surface area contributed by atoms with E-state index in [-0.39, 0.29) is 30.9 Å². The van der Waals surface area contributed by atoms with Crippen LogP contribution in [-0.2, 0) is 19.1 Å². The fourth-order valence-electron chi connectivity index (χ4n) is 1.94. The van der Waals surface area contributed by atoms with Gasteiger partial charge in [0.1, 0.15) is 5.75 Å². The van der Waals surface area contributed by atoms with Crippen molar-refractivity contribution in [3.63, 3.8) is 0 Å². The van der Waals surface area contributed by atoms with Crippen molar-refractivity contribution in [1.82, 2.24) is 4.90 Å². The molecule has 1 saturated heterocycles. The molecule has 0 radical (unpaired) electrons. The van der Waals surface area contributed by atoms with Crippen molar-refractivity contribution >= 4 is 35.0 Å². The Morgan fingerprint density at radius 3 is 2.71 bits per heavy atom. The predicted octanol–water partition coefficient (Wildman–Crippen LogP) is 1.92. The van der Waals surface area contributed by atoms with E-state index in [0.717, 1.165) is 16.7 Å². The maximum Gasteiger partial charge on any atom is 0.343 e. The first-order chi connectivity index (χ1) is 11.6. The Hall–Kier alpha value is -2.32. The minimum atomic E-state index is -0.510. The van der Waals surface area contributed by atoms with Crippen LogP contribution in [-0.4, -0.2) is 56.0 Å². The van der Waals surface area contributed by atoms with Gasteiger partial charge < -0.3 is 14.2 Å². The number of ether oxygens (including phenoxy) is 3. The molecule has 1 fully saturated rings. The average Bonchev–Trinajstić information content (AvgIpc) is 2.85. The molecule has 0 N–H and O–H groups in total. The van der Waals surface area contributed by atoms with Crippen LogP contribution in [0.25, 0.3) is 6.08 Å². The molecule has 8 heteroatoms. The maximum absolute atomic E-state index is 12.3. The monoisotopic (exact) mass is 351 g/mol. The summed E-state index contributed by atoms with van der Waals surface area (Å²) in [4.78, 5) is 36.8. The Balaban J connectivity index is 2.17. The molecule has 24 heavy (non-hydrogen) atoms. The SMILES string of the molecule is COCCN1C(=O)S/C(=C/c2ccccc2OCC(=O)OC)C1=O. The first-order valence-corrected chi connectivity index (χ1v) is 7.91. The Labute approximate surface area is 143 Å². The third kappa shape index (κ3) is 4.36. The third-order valence-electron chi connectivity index (χ3n) is 3.17. The van der Waals surface area contributed by atoms with E-state index in [1.165, 1.54) is 14.2 Å². The van der Waals surface area contributed by atoms with Crippen LogP contribution in [0.15, 0.2) is 29.2 Å². The summed E-state index contributed by atoms with van der Waals surface area (Å²) in [7, 11) is 2.78. The molecule has 7 nitrogen and oxygen atoms in total. The zero-order valence-electron chi connectivity index (χ0n) is 13.3. The highest BCUT2D eigenvalue weighted by atomic mass is 32.2. The number of amides is 2. The molecule has 1 aliphatic rings. The number of methoxy groups -OCH3 is 2. The first kappa shape index (κ1) is 18.0. The summed E-state index contributed by atoms with van der Waals surface area (Å²) in [5.41, 5.74) is 0.596. The number of thioether (sulfide) groups is 1. The zero-order valence-corrected chi connectivity index (χ0v) is 14.1. The Morgan fingerprint density at radius 1 is 1.25 bits per heavy atom. The summed E-state index contributed by atoms with van der Waals surface area (Å²) in [5, 5.41) is -0.337. The number of esters is 1. The van der Waals surface area contributed by atoms with E-state index in [1.54, 1.807) is 30.3 Å². The molecule has 0 atom stereocenters. The highest BCUT2D eigenvalue weighted by Gasteiger charge is 2.34. The van der Waals surface area contributed by atoms with Crippen molar-refractivity contribution in [1.29, 1.82) is 0 Å². The van der Waals surface area contributed by atoms with E-state index < -0.39 is 5.97 Å². The summed E-state index contributed by atoms with van der Waals surface area (Å²) in [6, 6.07) is 6.92. The lowest BCUT2D eigenvalue weighted by Gasteiger charge is -2.11. The van der Waals surface area contributed by atoms with Gasteiger partial charge in [-0.2, -0.15) is 0 Å². The number of nitrogens with zero attached hydrogens (tertiary/aromatic N) is 1. The van der Waals surface area contributed by atoms with Gasteiger partial charge in [0, 0.05) is 12.7 Å². The van der Waals surface area contributed by atoms with Gasteiger partial charge in [0.05, 0.1) is 25.2 Å². The van der Waals surface area contributed by atoms with Crippen molar-refractivity contribution in [3.05, 3.63) is 34.7 Å². The quantitative estimate of drug-likeness (QED) is 0.548. The lowest BCUT2D eigenvalue weighted by molar-refractivity contribution is -0.142. The summed E-state index contributed by atoms with van der Waals surface area (Å²) in [6.07, 6.45) is 1.57. The predicted molar refractivity (Wildman–Crippen MR) is 88.5 cm³/mol. The maximum atomic E-state index is 12.3. The van der Waals surface area contributed by atoms with E-state index >= 15 is 0 Å². The van der Waals surface area contributed by atoms with Crippen molar-refractivity contribution < 1.29 is 28.6 Å². The van der Waals surface area contributed by atoms with Gasteiger partial charge in [0.15, 0.2) is 6.61 Å². The normalized spacial score (nSPS) is 15.9. The second-order valence-corrected chi connectivity index (χ2v) is 5.72. The van der Waals surface area contributed by atoms with Crippen LogP contribution in [0.2, 0.25) is 0 Å². The van der Waals surface area contributed by atoms with Crippen molar-refractivity contribution in [2.75, 3.05) is 34.0 Å². The van der Waals surface area contributed by atoms with Crippen LogP contribution in [0, 0.1) is 0 Å². The summed E-state index contributed by atoms with van der Waals surface area (Å²) in [5.74, 6) is -0.457. The average molecular weight is 351 g/mol. The molecule has 1 heterocycles. The summed E-state index contributed by atoms with van der Waals surface area (Å²) >= 11 is 0.860. The van der Waals surface area contributed by atoms with Crippen LogP contribution >= 0.6 is 11.8 Å². The third-order valence-corrected chi connectivity index (χ3v) is 4.08. The van der Waals surface area contributed by atoms with Gasteiger partial charge >= 0.3 is 5.97 Å². The van der Waals surface area contributed by atoms with Crippen molar-refractivity contribution in [2.45, 2.75) is 0 Å². The Kier molecular flexibility index (Phi) is 6.39. The van der Waals surface area contributed by atoms with Crippen LogP contribution < -0.4 is 4.74 Å². The lowest BCUT2D eigenvalue weighted by atomic mass is 10.2. The second-order valence-electron chi connectivity index (χ2n) is 4.73. The number of benzene rings is 1. The number of rotatable bonds is 7. The van der Waals surface area contributed by atoms with E-state index in [1.807, 2.05) is 0 Å². The van der Waals surface area contributed by atoms with Crippen LogP contribution in [0.1, 0.15) is 5.56 Å². The summed E-state index contributed by atoms with van der Waals surface area (Å²) < 4.78 is 14.8. The Morgan fingerprint density at radius 2 is 2.00 bits per heavy atom. The van der Waals surface area contributed by atoms with Crippen LogP contribution in [0.3, 0.4) is 0 Å². The van der Waals surface area contributed by atoms with E-state index in [0.29, 0.717) is 16.2 Å². The molecular weight excluding hydrogens is 334 g/mol. The largest absolute Gasteiger partial charge is 0.481 e. The second kappa shape index (κ2) is 8.51. The number of carbonyl (C=O) groups is 3. The highest BCUT2D eigenvalue weighted by molar-refractivity contribution is 8.18. The molecule has 0 saturated carbocycles. The first-order valence-electron chi connectivity index (χ1n) is 7.09. The fraction of sp³-hybridized carbons (Fsp3) is 0.312. The van der Waals surface area contributed by atoms with Gasteiger partial charge in [-0.15, -0.1) is 0 Å². The van der Waals surface area contributed by atoms with E-state index in [9.17, 15) is 14.4 Å². The number of imide groups is 1. The van der Waals surface area contributed by atoms with Gasteiger partial charge in [-0.1, -0.05) is 18.2 Å². The molecule has 0 spiro atoms. The standard InChI is InChI=1S/C16H17NO6S/c1-21-8-7-17-15(19)13(24-16(17)20)9-11-5-3-4-6-12(11)23-10-14(18)22-2/h3-6,9H,7-8,10H2,1-2H3/b13-9+. The number of hydrogen-bond donors (Lipinski definition) is 0. The molecule has 1 aromatic carbocycles. The zero-order chi connectivity index (χ0) is 17.5. The van der Waals surface area contributed by atoms with Crippen LogP contribution in [0.4, 0.5) is 4.79 Å². The molecule has 0 bridgehead atoms. The van der Waals surface area contributed by atoms with E-state index in [2.05, 4.69) is 4.74 Å². The number of carbonyl (C=O) groups excluding carboxylic acids is 3. The fourth-order valence-corrected chi connectivity index (χ4v) is 2.80. The molecule has 2 amide bonds. The van der Waals surface area contributed by atoms with E-state index in [4.69, 9.17) is 9.47 Å². The molecular formula is C16H17NO6S. The number of para-hydroxylation sites is 1. The lowest BCUT2D eigenvalue weighted by Crippen LogP contribution is -2.31. The molecule has 0 unspecified atom stereocenters. The minimum absolute atomic E-state index is 0.207. The van der Waals surface area contributed by atoms with Crippen molar-refractivity contribution in [3.8, 4) is 5.75 Å². The van der Waals surface area contributed by atoms with Gasteiger partial charge in [-0.25, -0.2) is 4.79 Å². The molecule has 128 valence electrons. The molecule has 0 aromatic heterocycles. The molecule has 0 aliphatic carbocycles. The summed E-state index contributed by atoms with van der Waals surface area (Å²) in [6.45, 7) is 0.250. The van der Waals surface area contributed by atoms with Gasteiger partial charge in [0.2, 0.25) is 0 Å². The van der Waals surface area contributed by atoms with Gasteiger partial charge in [-0.05, 0) is 23.9 Å². The molecule has 1 aromatic rings. The van der Waals surface area contributed by atoms with Gasteiger partial charge in [0.25, 0.3) is 11.1 Å². The minimum Gasteiger partial charge on any atom is -0.481 e. The molecule has 1 aliphatic heterocycles. The van der Waals surface area contributed by atoms with Crippen LogP contribution in [0.5, 0.6) is 5.75 Å². The number of hydrogen-bond acceptors (Lipinski definition) is 7. The topological polar surface area (TPSA) is 82.1 Å². The van der Waals surface area contributed by atoms with Crippen molar-refractivity contribution in [2.24, 2.45) is 0 Å². The van der Waals surface area contributed by atoms with Gasteiger partial charge in [-0.3, -0.25) is 14.5 Å². The molecule has 2 rings (SSSR count).